The predicted molar refractivity (Wildman–Crippen MR) is 105 cm³/mol. The average molecular weight is 408 g/mol. The lowest BCUT2D eigenvalue weighted by atomic mass is 9.66. The summed E-state index contributed by atoms with van der Waals surface area (Å²) >= 11 is 0. The molecular weight excluding hydrogens is 376 g/mol. The maximum Gasteiger partial charge on any atom is 0.312 e. The normalized spacial score (nSPS) is 35.2. The van der Waals surface area contributed by atoms with Crippen molar-refractivity contribution in [2.45, 2.75) is 63.8 Å². The number of ether oxygens (including phenoxy) is 2. The van der Waals surface area contributed by atoms with Crippen LogP contribution in [0.5, 0.6) is 0 Å². The Morgan fingerprint density at radius 3 is 2.69 bits per heavy atom. The molecule has 0 aromatic carbocycles. The number of aliphatic hydroxyl groups is 1. The quantitative estimate of drug-likeness (QED) is 0.470. The van der Waals surface area contributed by atoms with Crippen LogP contribution in [0.3, 0.4) is 0 Å². The second kappa shape index (κ2) is 7.72. The van der Waals surface area contributed by atoms with Crippen molar-refractivity contribution in [3.8, 4) is 0 Å². The molecule has 2 bridgehead atoms. The van der Waals surface area contributed by atoms with Gasteiger partial charge in [0.25, 0.3) is 0 Å². The summed E-state index contributed by atoms with van der Waals surface area (Å²) in [7, 11) is 0. The van der Waals surface area contributed by atoms with Crippen molar-refractivity contribution >= 4 is 17.8 Å². The first-order chi connectivity index (χ1) is 13.7. The van der Waals surface area contributed by atoms with Gasteiger partial charge in [-0.25, -0.2) is 0 Å². The molecule has 3 aliphatic heterocycles. The van der Waals surface area contributed by atoms with Gasteiger partial charge in [0.05, 0.1) is 24.7 Å². The molecule has 162 valence electrons. The number of amides is 2. The molecule has 0 saturated carbocycles. The van der Waals surface area contributed by atoms with Gasteiger partial charge in [-0.15, -0.1) is 6.58 Å². The standard InChI is InChI=1S/C21H32N2O6/c1-6-10-22(13(3)4)18(26)16-21-9-8-20(5,29-21)15(19(27)28-7-2)14(21)17(25)23(16)11-12-24/h6,13-16,24H,1,7-12H2,2-5H3/t14-,15+,16?,20-,21?/m0/s1. The number of likely N-dealkylation sites (tertiary alicyclic amines) is 1. The Morgan fingerprint density at radius 1 is 1.45 bits per heavy atom. The van der Waals surface area contributed by atoms with Crippen LogP contribution >= 0.6 is 0 Å². The third kappa shape index (κ3) is 3.08. The minimum absolute atomic E-state index is 0.0170. The van der Waals surface area contributed by atoms with Gasteiger partial charge in [0.2, 0.25) is 11.8 Å². The number of carbonyl (C=O) groups is 3. The maximum absolute atomic E-state index is 13.6. The molecule has 0 aromatic rings. The fraction of sp³-hybridized carbons (Fsp3) is 0.762. The van der Waals surface area contributed by atoms with Crippen LogP contribution in [0.2, 0.25) is 0 Å². The fourth-order valence-corrected chi connectivity index (χ4v) is 5.49. The molecule has 1 spiro atoms. The van der Waals surface area contributed by atoms with E-state index in [1.165, 1.54) is 4.90 Å². The van der Waals surface area contributed by atoms with Gasteiger partial charge >= 0.3 is 5.97 Å². The van der Waals surface area contributed by atoms with Gasteiger partial charge in [0.1, 0.15) is 17.6 Å². The van der Waals surface area contributed by atoms with Gasteiger partial charge in [-0.1, -0.05) is 6.08 Å². The molecule has 3 heterocycles. The first-order valence-electron chi connectivity index (χ1n) is 10.4. The van der Waals surface area contributed by atoms with Crippen LogP contribution in [0.15, 0.2) is 12.7 Å². The number of rotatable bonds is 8. The van der Waals surface area contributed by atoms with Crippen LogP contribution in [0, 0.1) is 11.8 Å². The second-order valence-electron chi connectivity index (χ2n) is 8.61. The van der Waals surface area contributed by atoms with E-state index in [0.29, 0.717) is 19.4 Å². The van der Waals surface area contributed by atoms with Crippen LogP contribution < -0.4 is 0 Å². The molecule has 3 fully saturated rings. The summed E-state index contributed by atoms with van der Waals surface area (Å²) in [6, 6.07) is -0.979. The van der Waals surface area contributed by atoms with E-state index in [1.54, 1.807) is 17.9 Å². The van der Waals surface area contributed by atoms with Crippen molar-refractivity contribution in [3.63, 3.8) is 0 Å². The molecule has 3 aliphatic rings. The van der Waals surface area contributed by atoms with E-state index >= 15 is 0 Å². The molecule has 1 N–H and O–H groups in total. The van der Waals surface area contributed by atoms with Gasteiger partial charge < -0.3 is 24.4 Å². The molecule has 5 atom stereocenters. The smallest absolute Gasteiger partial charge is 0.312 e. The summed E-state index contributed by atoms with van der Waals surface area (Å²) in [5.41, 5.74) is -1.92. The van der Waals surface area contributed by atoms with E-state index in [2.05, 4.69) is 6.58 Å². The van der Waals surface area contributed by atoms with Gasteiger partial charge in [-0.3, -0.25) is 14.4 Å². The number of hydrogen-bond donors (Lipinski definition) is 1. The second-order valence-corrected chi connectivity index (χ2v) is 8.61. The lowest BCUT2D eigenvalue weighted by Gasteiger charge is -2.38. The highest BCUT2D eigenvalue weighted by molar-refractivity contribution is 5.98. The Bertz CT molecular complexity index is 709. The van der Waals surface area contributed by atoms with Gasteiger partial charge in [-0.2, -0.15) is 0 Å². The Kier molecular flexibility index (Phi) is 5.80. The van der Waals surface area contributed by atoms with Gasteiger partial charge in [0, 0.05) is 19.1 Å². The minimum atomic E-state index is -1.08. The first-order valence-corrected chi connectivity index (χ1v) is 10.4. The predicted octanol–water partition coefficient (Wildman–Crippen LogP) is 0.730. The van der Waals surface area contributed by atoms with Crippen LogP contribution in [0.25, 0.3) is 0 Å². The Hall–Kier alpha value is -1.93. The zero-order valence-corrected chi connectivity index (χ0v) is 17.7. The van der Waals surface area contributed by atoms with Crippen molar-refractivity contribution in [2.75, 3.05) is 26.3 Å². The molecule has 2 unspecified atom stereocenters. The molecule has 8 nitrogen and oxygen atoms in total. The first kappa shape index (κ1) is 21.8. The van der Waals surface area contributed by atoms with E-state index in [1.807, 2.05) is 20.8 Å². The number of hydrogen-bond acceptors (Lipinski definition) is 6. The molecule has 8 heteroatoms. The number of esters is 1. The van der Waals surface area contributed by atoms with E-state index in [0.717, 1.165) is 0 Å². The minimum Gasteiger partial charge on any atom is -0.466 e. The highest BCUT2D eigenvalue weighted by atomic mass is 16.6. The van der Waals surface area contributed by atoms with Crippen molar-refractivity contribution in [2.24, 2.45) is 11.8 Å². The van der Waals surface area contributed by atoms with E-state index in [-0.39, 0.29) is 37.6 Å². The zero-order chi connectivity index (χ0) is 21.6. The molecule has 3 rings (SSSR count). The molecule has 0 radical (unpaired) electrons. The van der Waals surface area contributed by atoms with E-state index in [9.17, 15) is 19.5 Å². The highest BCUT2D eigenvalue weighted by Crippen LogP contribution is 2.63. The van der Waals surface area contributed by atoms with Crippen LogP contribution in [-0.4, -0.2) is 82.3 Å². The highest BCUT2D eigenvalue weighted by Gasteiger charge is 2.78. The SMILES string of the molecule is C=CCN(C(=O)C1N(CCO)C(=O)[C@@H]2[C@H](C(=O)OCC)[C@]3(C)CCC12O3)C(C)C. The average Bonchev–Trinajstić information content (AvgIpc) is 3.21. The molecule has 2 amide bonds. The molecule has 29 heavy (non-hydrogen) atoms. The lowest BCUT2D eigenvalue weighted by Crippen LogP contribution is -2.57. The Balaban J connectivity index is 2.07. The van der Waals surface area contributed by atoms with Crippen LogP contribution in [0.1, 0.15) is 40.5 Å². The largest absolute Gasteiger partial charge is 0.466 e. The summed E-state index contributed by atoms with van der Waals surface area (Å²) in [6.45, 7) is 11.4. The molecule has 0 aliphatic carbocycles. The summed E-state index contributed by atoms with van der Waals surface area (Å²) in [4.78, 5) is 42.9. The van der Waals surface area contributed by atoms with Crippen molar-refractivity contribution < 1.29 is 29.0 Å². The third-order valence-corrected chi connectivity index (χ3v) is 6.62. The molecule has 0 aromatic heterocycles. The summed E-state index contributed by atoms with van der Waals surface area (Å²) in [5.74, 6) is -2.55. The molecule has 3 saturated heterocycles. The summed E-state index contributed by atoms with van der Waals surface area (Å²) in [6.07, 6.45) is 2.73. The zero-order valence-electron chi connectivity index (χ0n) is 17.7. The van der Waals surface area contributed by atoms with Gasteiger partial charge in [0.15, 0.2) is 0 Å². The molecular formula is C21H32N2O6. The summed E-state index contributed by atoms with van der Waals surface area (Å²) < 4.78 is 11.7. The maximum atomic E-state index is 13.6. The Morgan fingerprint density at radius 2 is 2.14 bits per heavy atom. The monoisotopic (exact) mass is 408 g/mol. The van der Waals surface area contributed by atoms with Crippen LogP contribution in [0.4, 0.5) is 0 Å². The number of nitrogens with zero attached hydrogens (tertiary/aromatic N) is 2. The van der Waals surface area contributed by atoms with Crippen LogP contribution in [-0.2, 0) is 23.9 Å². The van der Waals surface area contributed by atoms with Gasteiger partial charge in [-0.05, 0) is 40.5 Å². The van der Waals surface area contributed by atoms with Crippen molar-refractivity contribution in [3.05, 3.63) is 12.7 Å². The van der Waals surface area contributed by atoms with E-state index in [4.69, 9.17) is 9.47 Å². The number of carbonyl (C=O) groups excluding carboxylic acids is 3. The number of β-amino-alcohol motifs (C(OH)–C–C–N with tert-alkyl or cyclic N) is 1. The number of aliphatic hydroxyl groups excluding tert-OH is 1. The third-order valence-electron chi connectivity index (χ3n) is 6.62. The van der Waals surface area contributed by atoms with Crippen molar-refractivity contribution in [1.29, 1.82) is 0 Å². The van der Waals surface area contributed by atoms with Crippen molar-refractivity contribution in [1.82, 2.24) is 9.80 Å². The fourth-order valence-electron chi connectivity index (χ4n) is 5.49. The Labute approximate surface area is 171 Å². The lowest BCUT2D eigenvalue weighted by molar-refractivity contribution is -0.160. The number of fused-ring (bicyclic) bond motifs is 1. The van der Waals surface area contributed by atoms with E-state index < -0.39 is 35.0 Å². The topological polar surface area (TPSA) is 96.4 Å². The summed E-state index contributed by atoms with van der Waals surface area (Å²) in [5, 5.41) is 9.57.